The third-order valence-corrected chi connectivity index (χ3v) is 2.49. The molecule has 0 saturated carbocycles. The van der Waals surface area contributed by atoms with E-state index < -0.39 is 11.7 Å². The van der Waals surface area contributed by atoms with E-state index in [0.29, 0.717) is 0 Å². The number of benzene rings is 2. The van der Waals surface area contributed by atoms with E-state index >= 15 is 0 Å². The average Bonchev–Trinajstić information content (AvgIpc) is 2.37. The van der Waals surface area contributed by atoms with Crippen LogP contribution in [0.25, 0.3) is 0 Å². The Morgan fingerprint density at radius 3 is 2.45 bits per heavy atom. The summed E-state index contributed by atoms with van der Waals surface area (Å²) in [5, 5.41) is 8.90. The van der Waals surface area contributed by atoms with Gasteiger partial charge in [0.25, 0.3) is 0 Å². The molecule has 0 heterocycles. The Hall–Kier alpha value is -2.68. The molecule has 0 amide bonds. The summed E-state index contributed by atoms with van der Waals surface area (Å²) in [5.41, 5.74) is 4.69. The van der Waals surface area contributed by atoms with Crippen molar-refractivity contribution in [3.8, 4) is 17.6 Å². The van der Waals surface area contributed by atoms with Crippen LogP contribution in [0.2, 0.25) is 0 Å². The maximum Gasteiger partial charge on any atom is 0.416 e. The van der Waals surface area contributed by atoms with Gasteiger partial charge in [-0.3, -0.25) is 0 Å². The van der Waals surface area contributed by atoms with Crippen molar-refractivity contribution in [2.45, 2.75) is 6.18 Å². The average molecular weight is 278 g/mol. The predicted octanol–water partition coefficient (Wildman–Crippen LogP) is 3.95. The number of anilines is 1. The monoisotopic (exact) mass is 278 g/mol. The first kappa shape index (κ1) is 13.7. The van der Waals surface area contributed by atoms with E-state index in [4.69, 9.17) is 15.7 Å². The van der Waals surface area contributed by atoms with Gasteiger partial charge in [-0.25, -0.2) is 0 Å². The Morgan fingerprint density at radius 2 is 1.80 bits per heavy atom. The first-order chi connectivity index (χ1) is 9.40. The Labute approximate surface area is 113 Å². The van der Waals surface area contributed by atoms with Crippen LogP contribution in [0, 0.1) is 11.3 Å². The second-order valence-electron chi connectivity index (χ2n) is 4.00. The molecule has 2 N–H and O–H groups in total. The normalized spacial score (nSPS) is 10.9. The van der Waals surface area contributed by atoms with Crippen LogP contribution in [0.1, 0.15) is 11.1 Å². The molecule has 6 heteroatoms. The highest BCUT2D eigenvalue weighted by molar-refractivity contribution is 5.51. The number of nitrogen functional groups attached to an aromatic ring is 1. The Kier molecular flexibility index (Phi) is 3.53. The smallest absolute Gasteiger partial charge is 0.416 e. The van der Waals surface area contributed by atoms with Gasteiger partial charge in [-0.15, -0.1) is 0 Å². The van der Waals surface area contributed by atoms with Gasteiger partial charge in [0, 0.05) is 11.8 Å². The summed E-state index contributed by atoms with van der Waals surface area (Å²) < 4.78 is 43.3. The molecular weight excluding hydrogens is 269 g/mol. The number of ether oxygens (including phenoxy) is 1. The standard InChI is InChI=1S/C14H9F3N2O/c15-14(16,17)10-5-11(19)7-12(6-10)20-13-4-2-1-3-9(13)8-18/h1-7H,19H2. The van der Waals surface area contributed by atoms with Crippen molar-refractivity contribution in [1.29, 1.82) is 5.26 Å². The molecule has 0 bridgehead atoms. The van der Waals surface area contributed by atoms with Crippen LogP contribution < -0.4 is 10.5 Å². The molecule has 2 aromatic rings. The van der Waals surface area contributed by atoms with Gasteiger partial charge < -0.3 is 10.5 Å². The lowest BCUT2D eigenvalue weighted by Gasteiger charge is -2.12. The topological polar surface area (TPSA) is 59.0 Å². The largest absolute Gasteiger partial charge is 0.456 e. The lowest BCUT2D eigenvalue weighted by atomic mass is 10.1. The van der Waals surface area contributed by atoms with Crippen molar-refractivity contribution in [2.24, 2.45) is 0 Å². The number of alkyl halides is 3. The molecule has 2 rings (SSSR count). The van der Waals surface area contributed by atoms with Gasteiger partial charge in [0.05, 0.1) is 11.1 Å². The molecule has 0 aliphatic heterocycles. The fraction of sp³-hybridized carbons (Fsp3) is 0.0714. The van der Waals surface area contributed by atoms with E-state index in [9.17, 15) is 13.2 Å². The molecule has 0 saturated heterocycles. The summed E-state index contributed by atoms with van der Waals surface area (Å²) >= 11 is 0. The van der Waals surface area contributed by atoms with E-state index in [1.807, 2.05) is 6.07 Å². The van der Waals surface area contributed by atoms with E-state index in [1.165, 1.54) is 18.2 Å². The molecule has 0 aliphatic carbocycles. The van der Waals surface area contributed by atoms with Crippen molar-refractivity contribution in [2.75, 3.05) is 5.73 Å². The summed E-state index contributed by atoms with van der Waals surface area (Å²) in [5.74, 6) is 0.105. The first-order valence-corrected chi connectivity index (χ1v) is 5.55. The molecule has 0 fully saturated rings. The summed E-state index contributed by atoms with van der Waals surface area (Å²) in [6, 6.07) is 11.1. The van der Waals surface area contributed by atoms with Gasteiger partial charge in [-0.1, -0.05) is 12.1 Å². The second-order valence-corrected chi connectivity index (χ2v) is 4.00. The Morgan fingerprint density at radius 1 is 1.10 bits per heavy atom. The number of nitriles is 1. The zero-order chi connectivity index (χ0) is 14.8. The molecule has 0 radical (unpaired) electrons. The molecule has 2 aromatic carbocycles. The number of halogens is 3. The minimum absolute atomic E-state index is 0.0655. The van der Waals surface area contributed by atoms with Crippen LogP contribution in [0.15, 0.2) is 42.5 Å². The van der Waals surface area contributed by atoms with Crippen molar-refractivity contribution >= 4 is 5.69 Å². The van der Waals surface area contributed by atoms with Crippen molar-refractivity contribution in [1.82, 2.24) is 0 Å². The number of hydrogen-bond donors (Lipinski definition) is 1. The molecule has 102 valence electrons. The lowest BCUT2D eigenvalue weighted by Crippen LogP contribution is -2.06. The fourth-order valence-electron chi connectivity index (χ4n) is 1.62. The summed E-state index contributed by atoms with van der Waals surface area (Å²) in [4.78, 5) is 0. The van der Waals surface area contributed by atoms with Gasteiger partial charge in [0.15, 0.2) is 0 Å². The zero-order valence-corrected chi connectivity index (χ0v) is 10.1. The highest BCUT2D eigenvalue weighted by atomic mass is 19.4. The van der Waals surface area contributed by atoms with Crippen molar-refractivity contribution in [3.05, 3.63) is 53.6 Å². The molecule has 0 aliphatic rings. The summed E-state index contributed by atoms with van der Waals surface area (Å²) in [7, 11) is 0. The van der Waals surface area contributed by atoms with Crippen LogP contribution >= 0.6 is 0 Å². The van der Waals surface area contributed by atoms with E-state index in [1.54, 1.807) is 12.1 Å². The third kappa shape index (κ3) is 3.01. The van der Waals surface area contributed by atoms with Crippen molar-refractivity contribution < 1.29 is 17.9 Å². The van der Waals surface area contributed by atoms with Gasteiger partial charge in [0.2, 0.25) is 0 Å². The molecule has 3 nitrogen and oxygen atoms in total. The van der Waals surface area contributed by atoms with Crippen molar-refractivity contribution in [3.63, 3.8) is 0 Å². The predicted molar refractivity (Wildman–Crippen MR) is 67.1 cm³/mol. The third-order valence-electron chi connectivity index (χ3n) is 2.49. The molecule has 0 atom stereocenters. The van der Waals surface area contributed by atoms with Crippen LogP contribution in [0.5, 0.6) is 11.5 Å². The maximum absolute atomic E-state index is 12.7. The molecule has 0 unspecified atom stereocenters. The van der Waals surface area contributed by atoms with Gasteiger partial charge in [0.1, 0.15) is 17.6 Å². The quantitative estimate of drug-likeness (QED) is 0.846. The van der Waals surface area contributed by atoms with E-state index in [0.717, 1.165) is 12.1 Å². The molecule has 20 heavy (non-hydrogen) atoms. The Bertz CT molecular complexity index is 675. The second kappa shape index (κ2) is 5.13. The lowest BCUT2D eigenvalue weighted by molar-refractivity contribution is -0.137. The number of para-hydroxylation sites is 1. The minimum atomic E-state index is -4.51. The van der Waals surface area contributed by atoms with E-state index in [2.05, 4.69) is 0 Å². The molecule has 0 aromatic heterocycles. The van der Waals surface area contributed by atoms with Crippen LogP contribution in [0.4, 0.5) is 18.9 Å². The number of nitrogens with zero attached hydrogens (tertiary/aromatic N) is 1. The van der Waals surface area contributed by atoms with E-state index in [-0.39, 0.29) is 22.7 Å². The minimum Gasteiger partial charge on any atom is -0.456 e. The number of rotatable bonds is 2. The highest BCUT2D eigenvalue weighted by Gasteiger charge is 2.31. The number of nitrogens with two attached hydrogens (primary N) is 1. The number of hydrogen-bond acceptors (Lipinski definition) is 3. The summed E-state index contributed by atoms with van der Waals surface area (Å²) in [6.45, 7) is 0. The van der Waals surface area contributed by atoms with Crippen LogP contribution in [-0.4, -0.2) is 0 Å². The van der Waals surface area contributed by atoms with Gasteiger partial charge in [-0.05, 0) is 24.3 Å². The van der Waals surface area contributed by atoms with Gasteiger partial charge >= 0.3 is 6.18 Å². The fourth-order valence-corrected chi connectivity index (χ4v) is 1.62. The summed E-state index contributed by atoms with van der Waals surface area (Å²) in [6.07, 6.45) is -4.51. The zero-order valence-electron chi connectivity index (χ0n) is 10.1. The van der Waals surface area contributed by atoms with Crippen LogP contribution in [-0.2, 0) is 6.18 Å². The van der Waals surface area contributed by atoms with Gasteiger partial charge in [-0.2, -0.15) is 18.4 Å². The highest BCUT2D eigenvalue weighted by Crippen LogP contribution is 2.35. The maximum atomic E-state index is 12.7. The van der Waals surface area contributed by atoms with Crippen LogP contribution in [0.3, 0.4) is 0 Å². The molecule has 0 spiro atoms. The first-order valence-electron chi connectivity index (χ1n) is 5.55. The SMILES string of the molecule is N#Cc1ccccc1Oc1cc(N)cc(C(F)(F)F)c1. The Balaban J connectivity index is 2.40. The molecular formula is C14H9F3N2O.